The normalized spacial score (nSPS) is 14.3. The Balaban J connectivity index is 1.30. The van der Waals surface area contributed by atoms with Crippen LogP contribution in [0.1, 0.15) is 11.4 Å². The maximum Gasteiger partial charge on any atom is 0.208 e. The fraction of sp³-hybridized carbons (Fsp3) is 0.273. The fourth-order valence-corrected chi connectivity index (χ4v) is 5.24. The highest BCUT2D eigenvalue weighted by molar-refractivity contribution is 7.22. The van der Waals surface area contributed by atoms with Crippen LogP contribution in [0.25, 0.3) is 21.1 Å². The first kappa shape index (κ1) is 19.1. The first-order chi connectivity index (χ1) is 14.7. The molecule has 1 aliphatic rings. The number of rotatable bonds is 4. The monoisotopic (exact) mass is 434 g/mol. The second-order valence-electron chi connectivity index (χ2n) is 7.37. The molecule has 8 heteroatoms. The summed E-state index contributed by atoms with van der Waals surface area (Å²) in [4.78, 5) is 15.2. The second kappa shape index (κ2) is 8.12. The quantitative estimate of drug-likeness (QED) is 0.465. The van der Waals surface area contributed by atoms with Gasteiger partial charge in [-0.05, 0) is 25.3 Å². The number of anilines is 2. The Hall–Kier alpha value is -2.84. The zero-order chi connectivity index (χ0) is 20.5. The average molecular weight is 435 g/mol. The van der Waals surface area contributed by atoms with Crippen molar-refractivity contribution in [3.63, 3.8) is 0 Å². The molecule has 1 saturated heterocycles. The van der Waals surface area contributed by atoms with Gasteiger partial charge >= 0.3 is 0 Å². The van der Waals surface area contributed by atoms with Gasteiger partial charge in [0.05, 0.1) is 10.6 Å². The van der Waals surface area contributed by atoms with Gasteiger partial charge in [-0.15, -0.1) is 21.5 Å². The van der Waals surface area contributed by atoms with Crippen molar-refractivity contribution in [3.8, 4) is 21.1 Å². The highest BCUT2D eigenvalue weighted by Crippen LogP contribution is 2.32. The van der Waals surface area contributed by atoms with Gasteiger partial charge in [0.25, 0.3) is 0 Å². The molecule has 0 bridgehead atoms. The van der Waals surface area contributed by atoms with Gasteiger partial charge < -0.3 is 9.80 Å². The van der Waals surface area contributed by atoms with Gasteiger partial charge in [-0.2, -0.15) is 0 Å². The van der Waals surface area contributed by atoms with Gasteiger partial charge in [-0.25, -0.2) is 9.97 Å². The summed E-state index contributed by atoms with van der Waals surface area (Å²) in [6.07, 6.45) is 0. The molecule has 152 valence electrons. The Morgan fingerprint density at radius 3 is 2.37 bits per heavy atom. The summed E-state index contributed by atoms with van der Waals surface area (Å²) in [7, 11) is 0. The van der Waals surface area contributed by atoms with Crippen LogP contribution < -0.4 is 9.80 Å². The van der Waals surface area contributed by atoms with Gasteiger partial charge in [0.2, 0.25) is 5.13 Å². The topological polar surface area (TPSA) is 58.0 Å². The minimum absolute atomic E-state index is 0.801. The van der Waals surface area contributed by atoms with E-state index in [1.54, 1.807) is 22.7 Å². The zero-order valence-electron chi connectivity index (χ0n) is 16.9. The van der Waals surface area contributed by atoms with Crippen LogP contribution in [0.4, 0.5) is 10.9 Å². The highest BCUT2D eigenvalue weighted by Gasteiger charge is 2.22. The Morgan fingerprint density at radius 2 is 1.63 bits per heavy atom. The van der Waals surface area contributed by atoms with E-state index < -0.39 is 0 Å². The number of thiophene rings is 1. The lowest BCUT2D eigenvalue weighted by Gasteiger charge is -2.35. The van der Waals surface area contributed by atoms with Gasteiger partial charge in [0.15, 0.2) is 5.01 Å². The van der Waals surface area contributed by atoms with Crippen LogP contribution in [0.2, 0.25) is 0 Å². The van der Waals surface area contributed by atoms with E-state index >= 15 is 0 Å². The van der Waals surface area contributed by atoms with Crippen molar-refractivity contribution < 1.29 is 0 Å². The van der Waals surface area contributed by atoms with Crippen LogP contribution in [-0.2, 0) is 0 Å². The molecule has 0 aliphatic carbocycles. The number of aromatic nitrogens is 4. The van der Waals surface area contributed by atoms with E-state index in [-0.39, 0.29) is 0 Å². The minimum atomic E-state index is 0.801. The van der Waals surface area contributed by atoms with Crippen LogP contribution >= 0.6 is 22.7 Å². The van der Waals surface area contributed by atoms with Crippen molar-refractivity contribution in [2.75, 3.05) is 36.0 Å². The minimum Gasteiger partial charge on any atom is -0.353 e. The maximum absolute atomic E-state index is 4.71. The summed E-state index contributed by atoms with van der Waals surface area (Å²) in [6.45, 7) is 7.67. The van der Waals surface area contributed by atoms with Gasteiger partial charge in [0, 0.05) is 37.8 Å². The van der Waals surface area contributed by atoms with Gasteiger partial charge in [0.1, 0.15) is 11.6 Å². The predicted molar refractivity (Wildman–Crippen MR) is 125 cm³/mol. The number of nitrogens with zero attached hydrogens (tertiary/aromatic N) is 6. The van der Waals surface area contributed by atoms with Crippen molar-refractivity contribution in [3.05, 3.63) is 59.2 Å². The van der Waals surface area contributed by atoms with E-state index in [0.29, 0.717) is 0 Å². The molecule has 1 aliphatic heterocycles. The van der Waals surface area contributed by atoms with E-state index in [2.05, 4.69) is 79.7 Å². The molecule has 1 fully saturated rings. The number of piperazine rings is 1. The largest absolute Gasteiger partial charge is 0.353 e. The molecule has 3 aromatic heterocycles. The molecule has 0 unspecified atom stereocenters. The van der Waals surface area contributed by atoms with E-state index in [4.69, 9.17) is 4.98 Å². The lowest BCUT2D eigenvalue weighted by molar-refractivity contribution is 0.642. The van der Waals surface area contributed by atoms with Crippen LogP contribution in [0.3, 0.4) is 0 Å². The maximum atomic E-state index is 4.71. The lowest BCUT2D eigenvalue weighted by atomic mass is 10.1. The third-order valence-corrected chi connectivity index (χ3v) is 7.22. The van der Waals surface area contributed by atoms with E-state index in [1.165, 1.54) is 10.4 Å². The first-order valence-corrected chi connectivity index (χ1v) is 11.7. The van der Waals surface area contributed by atoms with E-state index in [0.717, 1.165) is 59.2 Å². The van der Waals surface area contributed by atoms with E-state index in [1.807, 2.05) is 6.92 Å². The third-order valence-electron chi connectivity index (χ3n) is 5.19. The van der Waals surface area contributed by atoms with Gasteiger partial charge in [-0.3, -0.25) is 0 Å². The number of hydrogen-bond acceptors (Lipinski definition) is 8. The number of aryl methyl sites for hydroxylation is 2. The Kier molecular flexibility index (Phi) is 5.18. The van der Waals surface area contributed by atoms with E-state index in [9.17, 15) is 0 Å². The summed E-state index contributed by atoms with van der Waals surface area (Å²) < 4.78 is 0. The summed E-state index contributed by atoms with van der Waals surface area (Å²) >= 11 is 3.37. The van der Waals surface area contributed by atoms with Gasteiger partial charge in [-0.1, -0.05) is 47.2 Å². The molecule has 4 heterocycles. The standard InChI is InChI=1S/C22H22N6S2/c1-15-5-7-17(8-6-15)18-14-20(24-16(2)23-18)27-9-11-28(12-10-27)22-26-25-21(30-22)19-4-3-13-29-19/h3-8,13-14H,9-12H2,1-2H3. The van der Waals surface area contributed by atoms with Crippen molar-refractivity contribution in [2.24, 2.45) is 0 Å². The third kappa shape index (κ3) is 3.93. The Labute approximate surface area is 183 Å². The molecule has 4 aromatic rings. The predicted octanol–water partition coefficient (Wildman–Crippen LogP) is 4.67. The molecule has 0 radical (unpaired) electrons. The summed E-state index contributed by atoms with van der Waals surface area (Å²) in [5.41, 5.74) is 3.35. The van der Waals surface area contributed by atoms with Crippen molar-refractivity contribution in [1.82, 2.24) is 20.2 Å². The fourth-order valence-electron chi connectivity index (χ4n) is 3.56. The molecule has 0 amide bonds. The molecule has 30 heavy (non-hydrogen) atoms. The van der Waals surface area contributed by atoms with Crippen molar-refractivity contribution in [1.29, 1.82) is 0 Å². The van der Waals surface area contributed by atoms with Crippen molar-refractivity contribution >= 4 is 33.6 Å². The Morgan fingerprint density at radius 1 is 0.867 bits per heavy atom. The average Bonchev–Trinajstić information content (AvgIpc) is 3.46. The smallest absolute Gasteiger partial charge is 0.208 e. The summed E-state index contributed by atoms with van der Waals surface area (Å²) in [5.74, 6) is 1.80. The summed E-state index contributed by atoms with van der Waals surface area (Å²) in [5, 5.41) is 12.9. The molecule has 0 atom stereocenters. The molecule has 5 rings (SSSR count). The molecule has 0 N–H and O–H groups in total. The molecule has 0 saturated carbocycles. The Bertz CT molecular complexity index is 1130. The van der Waals surface area contributed by atoms with Crippen LogP contribution in [-0.4, -0.2) is 46.3 Å². The molecule has 0 spiro atoms. The van der Waals surface area contributed by atoms with Crippen molar-refractivity contribution in [2.45, 2.75) is 13.8 Å². The SMILES string of the molecule is Cc1ccc(-c2cc(N3CCN(c4nnc(-c5cccs5)s4)CC3)nc(C)n2)cc1. The molecular formula is C22H22N6S2. The van der Waals surface area contributed by atoms with Crippen LogP contribution in [0.15, 0.2) is 47.8 Å². The molecule has 1 aromatic carbocycles. The molecule has 6 nitrogen and oxygen atoms in total. The number of benzene rings is 1. The zero-order valence-corrected chi connectivity index (χ0v) is 18.6. The number of hydrogen-bond donors (Lipinski definition) is 0. The highest BCUT2D eigenvalue weighted by atomic mass is 32.1. The van der Waals surface area contributed by atoms with Crippen LogP contribution in [0.5, 0.6) is 0 Å². The first-order valence-electron chi connectivity index (χ1n) is 9.96. The summed E-state index contributed by atoms with van der Waals surface area (Å²) in [6, 6.07) is 14.7. The second-order valence-corrected chi connectivity index (χ2v) is 9.27. The lowest BCUT2D eigenvalue weighted by Crippen LogP contribution is -2.46. The van der Waals surface area contributed by atoms with Crippen LogP contribution in [0, 0.1) is 13.8 Å². The molecular weight excluding hydrogens is 412 g/mol.